The first kappa shape index (κ1) is 19.9. The Bertz CT molecular complexity index is 697. The lowest BCUT2D eigenvalue weighted by Gasteiger charge is -2.38. The molecule has 1 aromatic rings. The van der Waals surface area contributed by atoms with E-state index in [4.69, 9.17) is 9.47 Å². The molecule has 0 radical (unpaired) electrons. The molecule has 142 valence electrons. The summed E-state index contributed by atoms with van der Waals surface area (Å²) in [6, 6.07) is 4.21. The van der Waals surface area contributed by atoms with Crippen LogP contribution >= 0.6 is 0 Å². The summed E-state index contributed by atoms with van der Waals surface area (Å²) in [4.78, 5) is 38.9. The minimum absolute atomic E-state index is 0.0348. The molecular weight excluding hydrogens is 334 g/mol. The Hall–Kier alpha value is -2.37. The SMILES string of the molecule is CCCOC(=O)C(C)N1C(=O)C(C(C)C)Oc2ccc(C(=O)CC)cc21. The third-order valence-corrected chi connectivity index (χ3v) is 4.38. The van der Waals surface area contributed by atoms with Gasteiger partial charge in [0.1, 0.15) is 11.8 Å². The number of hydrogen-bond acceptors (Lipinski definition) is 5. The zero-order chi connectivity index (χ0) is 19.4. The summed E-state index contributed by atoms with van der Waals surface area (Å²) < 4.78 is 11.1. The number of carbonyl (C=O) groups excluding carboxylic acids is 3. The largest absolute Gasteiger partial charge is 0.478 e. The fourth-order valence-corrected chi connectivity index (χ4v) is 2.88. The predicted octanol–water partition coefficient (Wildman–Crippen LogP) is 3.37. The van der Waals surface area contributed by atoms with Crippen molar-refractivity contribution < 1.29 is 23.9 Å². The number of fused-ring (bicyclic) bond motifs is 1. The summed E-state index contributed by atoms with van der Waals surface area (Å²) >= 11 is 0. The number of carbonyl (C=O) groups is 3. The van der Waals surface area contributed by atoms with E-state index in [9.17, 15) is 14.4 Å². The Morgan fingerprint density at radius 1 is 1.23 bits per heavy atom. The molecule has 0 spiro atoms. The van der Waals surface area contributed by atoms with E-state index in [1.54, 1.807) is 32.0 Å². The highest BCUT2D eigenvalue weighted by Crippen LogP contribution is 2.38. The van der Waals surface area contributed by atoms with Gasteiger partial charge in [-0.3, -0.25) is 14.5 Å². The van der Waals surface area contributed by atoms with Crippen LogP contribution < -0.4 is 9.64 Å². The topological polar surface area (TPSA) is 72.9 Å². The molecule has 0 bridgehead atoms. The van der Waals surface area contributed by atoms with E-state index < -0.39 is 18.1 Å². The maximum atomic E-state index is 13.0. The zero-order valence-corrected chi connectivity index (χ0v) is 16.1. The molecule has 6 heteroatoms. The first-order valence-corrected chi connectivity index (χ1v) is 9.15. The number of Topliss-reactive ketones (excluding diaryl/α,β-unsaturated/α-hetero) is 1. The number of rotatable bonds is 7. The van der Waals surface area contributed by atoms with Crippen molar-refractivity contribution in [1.82, 2.24) is 0 Å². The molecule has 0 aliphatic carbocycles. The number of nitrogens with zero attached hydrogens (tertiary/aromatic N) is 1. The molecule has 1 aliphatic heterocycles. The van der Waals surface area contributed by atoms with Gasteiger partial charge in [-0.05, 0) is 37.5 Å². The second-order valence-electron chi connectivity index (χ2n) is 6.79. The standard InChI is InChI=1S/C20H27NO5/c1-6-10-25-20(24)13(5)21-15-11-14(16(22)7-2)8-9-17(15)26-18(12(3)4)19(21)23/h8-9,11-13,18H,6-7,10H2,1-5H3. The van der Waals surface area contributed by atoms with Crippen LogP contribution in [-0.2, 0) is 14.3 Å². The minimum atomic E-state index is -0.801. The lowest BCUT2D eigenvalue weighted by molar-refractivity contribution is -0.147. The molecule has 0 fully saturated rings. The van der Waals surface area contributed by atoms with Gasteiger partial charge >= 0.3 is 5.97 Å². The fourth-order valence-electron chi connectivity index (χ4n) is 2.88. The molecule has 2 unspecified atom stereocenters. The van der Waals surface area contributed by atoms with Crippen molar-refractivity contribution >= 4 is 23.3 Å². The number of ether oxygens (including phenoxy) is 2. The lowest BCUT2D eigenvalue weighted by Crippen LogP contribution is -2.54. The van der Waals surface area contributed by atoms with Crippen LogP contribution in [0.25, 0.3) is 0 Å². The second kappa shape index (κ2) is 8.34. The molecule has 6 nitrogen and oxygen atoms in total. The van der Waals surface area contributed by atoms with Crippen LogP contribution in [0.4, 0.5) is 5.69 Å². The van der Waals surface area contributed by atoms with Gasteiger partial charge in [-0.25, -0.2) is 4.79 Å². The van der Waals surface area contributed by atoms with Gasteiger partial charge in [0.2, 0.25) is 0 Å². The smallest absolute Gasteiger partial charge is 0.328 e. The van der Waals surface area contributed by atoms with Crippen molar-refractivity contribution in [2.75, 3.05) is 11.5 Å². The van der Waals surface area contributed by atoms with Gasteiger partial charge < -0.3 is 9.47 Å². The van der Waals surface area contributed by atoms with Crippen LogP contribution in [0.5, 0.6) is 5.75 Å². The van der Waals surface area contributed by atoms with E-state index in [0.717, 1.165) is 0 Å². The summed E-state index contributed by atoms with van der Waals surface area (Å²) in [6.07, 6.45) is 0.378. The first-order valence-electron chi connectivity index (χ1n) is 9.15. The second-order valence-corrected chi connectivity index (χ2v) is 6.79. The quantitative estimate of drug-likeness (QED) is 0.550. The summed E-state index contributed by atoms with van der Waals surface area (Å²) in [5.74, 6) is -0.371. The predicted molar refractivity (Wildman–Crippen MR) is 98.5 cm³/mol. The highest BCUT2D eigenvalue weighted by atomic mass is 16.5. The Morgan fingerprint density at radius 3 is 2.50 bits per heavy atom. The van der Waals surface area contributed by atoms with Crippen LogP contribution in [-0.4, -0.2) is 36.4 Å². The van der Waals surface area contributed by atoms with Gasteiger partial charge in [0, 0.05) is 12.0 Å². The minimum Gasteiger partial charge on any atom is -0.478 e. The monoisotopic (exact) mass is 361 g/mol. The van der Waals surface area contributed by atoms with E-state index >= 15 is 0 Å². The first-order chi connectivity index (χ1) is 12.3. The lowest BCUT2D eigenvalue weighted by atomic mass is 10.00. The summed E-state index contributed by atoms with van der Waals surface area (Å²) in [7, 11) is 0. The third kappa shape index (κ3) is 3.89. The number of esters is 1. The zero-order valence-electron chi connectivity index (χ0n) is 16.1. The van der Waals surface area contributed by atoms with Crippen LogP contribution in [0, 0.1) is 5.92 Å². The molecule has 0 N–H and O–H groups in total. The highest BCUT2D eigenvalue weighted by molar-refractivity contribution is 6.06. The highest BCUT2D eigenvalue weighted by Gasteiger charge is 2.41. The molecule has 1 aromatic carbocycles. The Morgan fingerprint density at radius 2 is 1.92 bits per heavy atom. The fraction of sp³-hybridized carbons (Fsp3) is 0.550. The van der Waals surface area contributed by atoms with Crippen molar-refractivity contribution in [3.8, 4) is 5.75 Å². The molecule has 26 heavy (non-hydrogen) atoms. The van der Waals surface area contributed by atoms with Crippen LogP contribution in [0.1, 0.15) is 57.8 Å². The summed E-state index contributed by atoms with van der Waals surface area (Å²) in [5.41, 5.74) is 0.928. The van der Waals surface area contributed by atoms with Crippen LogP contribution in [0.3, 0.4) is 0 Å². The number of amides is 1. The molecule has 2 rings (SSSR count). The van der Waals surface area contributed by atoms with Crippen LogP contribution in [0.15, 0.2) is 18.2 Å². The van der Waals surface area contributed by atoms with E-state index in [1.807, 2.05) is 20.8 Å². The van der Waals surface area contributed by atoms with E-state index in [-0.39, 0.29) is 17.6 Å². The number of ketones is 1. The normalized spacial score (nSPS) is 17.5. The van der Waals surface area contributed by atoms with Gasteiger partial charge in [0.05, 0.1) is 12.3 Å². The summed E-state index contributed by atoms with van der Waals surface area (Å²) in [6.45, 7) is 9.40. The van der Waals surface area contributed by atoms with Gasteiger partial charge in [-0.15, -0.1) is 0 Å². The Labute approximate surface area is 154 Å². The average Bonchev–Trinajstić information content (AvgIpc) is 2.63. The number of hydrogen-bond donors (Lipinski definition) is 0. The van der Waals surface area contributed by atoms with E-state index in [1.165, 1.54) is 4.90 Å². The van der Waals surface area contributed by atoms with Gasteiger partial charge in [-0.1, -0.05) is 27.7 Å². The maximum absolute atomic E-state index is 13.0. The molecule has 0 aromatic heterocycles. The van der Waals surface area contributed by atoms with E-state index in [2.05, 4.69) is 0 Å². The van der Waals surface area contributed by atoms with Gasteiger partial charge in [0.25, 0.3) is 5.91 Å². The molecule has 1 heterocycles. The molecule has 2 atom stereocenters. The molecule has 1 amide bonds. The molecule has 0 saturated carbocycles. The Balaban J connectivity index is 2.48. The molecular formula is C20H27NO5. The summed E-state index contributed by atoms with van der Waals surface area (Å²) in [5, 5.41) is 0. The Kier molecular flexibility index (Phi) is 6.40. The van der Waals surface area contributed by atoms with Crippen molar-refractivity contribution in [2.24, 2.45) is 5.92 Å². The van der Waals surface area contributed by atoms with Crippen molar-refractivity contribution in [3.05, 3.63) is 23.8 Å². The van der Waals surface area contributed by atoms with Gasteiger partial charge in [0.15, 0.2) is 11.9 Å². The van der Waals surface area contributed by atoms with Gasteiger partial charge in [-0.2, -0.15) is 0 Å². The average molecular weight is 361 g/mol. The van der Waals surface area contributed by atoms with Crippen molar-refractivity contribution in [3.63, 3.8) is 0 Å². The molecule has 1 aliphatic rings. The van der Waals surface area contributed by atoms with Crippen molar-refractivity contribution in [2.45, 2.75) is 59.6 Å². The molecule has 0 saturated heterocycles. The number of anilines is 1. The third-order valence-electron chi connectivity index (χ3n) is 4.38. The van der Waals surface area contributed by atoms with Crippen LogP contribution in [0.2, 0.25) is 0 Å². The van der Waals surface area contributed by atoms with E-state index in [0.29, 0.717) is 36.4 Å². The maximum Gasteiger partial charge on any atom is 0.328 e. The van der Waals surface area contributed by atoms with Crippen molar-refractivity contribution in [1.29, 1.82) is 0 Å². The number of benzene rings is 1.